The Hall–Kier alpha value is -4.75. The van der Waals surface area contributed by atoms with E-state index in [0.29, 0.717) is 22.0 Å². The van der Waals surface area contributed by atoms with Crippen LogP contribution in [-0.2, 0) is 15.0 Å². The number of hydrogen-bond donors (Lipinski definition) is 2. The summed E-state index contributed by atoms with van der Waals surface area (Å²) in [6.07, 6.45) is 1.62. The second kappa shape index (κ2) is 8.89. The van der Waals surface area contributed by atoms with E-state index in [0.717, 1.165) is 22.3 Å². The third-order valence-electron chi connectivity index (χ3n) is 8.42. The summed E-state index contributed by atoms with van der Waals surface area (Å²) in [7, 11) is 0. The second-order valence-corrected chi connectivity index (χ2v) is 10.7. The van der Waals surface area contributed by atoms with Gasteiger partial charge in [0.15, 0.2) is 0 Å². The number of rotatable bonds is 4. The van der Waals surface area contributed by atoms with E-state index in [2.05, 4.69) is 10.5 Å². The maximum atomic E-state index is 14.4. The number of nitrogen functional groups attached to an aromatic ring is 1. The van der Waals surface area contributed by atoms with Crippen molar-refractivity contribution in [1.82, 2.24) is 5.43 Å². The van der Waals surface area contributed by atoms with E-state index in [1.807, 2.05) is 48.5 Å². The molecule has 2 bridgehead atoms. The minimum absolute atomic E-state index is 0.292. The summed E-state index contributed by atoms with van der Waals surface area (Å²) < 4.78 is 0. The third-order valence-corrected chi connectivity index (χ3v) is 8.74. The first-order valence-corrected chi connectivity index (χ1v) is 13.3. The molecule has 0 radical (unpaired) electrons. The number of hydrogen-bond acceptors (Lipinski definition) is 5. The van der Waals surface area contributed by atoms with Crippen LogP contribution in [0.2, 0.25) is 5.02 Å². The van der Waals surface area contributed by atoms with Gasteiger partial charge in [-0.1, -0.05) is 84.4 Å². The van der Waals surface area contributed by atoms with Crippen LogP contribution in [0.4, 0.5) is 11.4 Å². The van der Waals surface area contributed by atoms with Crippen LogP contribution < -0.4 is 16.1 Å². The fourth-order valence-corrected chi connectivity index (χ4v) is 7.10. The van der Waals surface area contributed by atoms with Gasteiger partial charge in [0.25, 0.3) is 5.91 Å². The Morgan fingerprint density at radius 3 is 2.12 bits per heavy atom. The molecule has 0 saturated carbocycles. The highest BCUT2D eigenvalue weighted by molar-refractivity contribution is 6.36. The number of imide groups is 1. The van der Waals surface area contributed by atoms with Crippen LogP contribution in [0.15, 0.2) is 102 Å². The summed E-state index contributed by atoms with van der Waals surface area (Å²) in [5, 5.41) is 4.74. The van der Waals surface area contributed by atoms with Gasteiger partial charge in [-0.3, -0.25) is 14.4 Å². The minimum Gasteiger partial charge on any atom is -0.398 e. The summed E-state index contributed by atoms with van der Waals surface area (Å²) >= 11 is 6.49. The van der Waals surface area contributed by atoms with Crippen LogP contribution in [0.25, 0.3) is 0 Å². The van der Waals surface area contributed by atoms with E-state index in [9.17, 15) is 14.4 Å². The van der Waals surface area contributed by atoms with Gasteiger partial charge in [0.1, 0.15) is 0 Å². The van der Waals surface area contributed by atoms with Gasteiger partial charge in [-0.2, -0.15) is 5.10 Å². The normalized spacial score (nSPS) is 24.1. The van der Waals surface area contributed by atoms with E-state index in [4.69, 9.17) is 17.3 Å². The summed E-state index contributed by atoms with van der Waals surface area (Å²) in [5.74, 6) is -2.87. The zero-order valence-electron chi connectivity index (χ0n) is 21.1. The number of halogens is 1. The molecule has 7 nitrogen and oxygen atoms in total. The van der Waals surface area contributed by atoms with E-state index in [1.54, 1.807) is 54.7 Å². The first-order valence-electron chi connectivity index (χ1n) is 13.0. The third kappa shape index (κ3) is 3.18. The number of benzene rings is 4. The molecule has 4 aromatic carbocycles. The average Bonchev–Trinajstić information content (AvgIpc) is 3.24. The van der Waals surface area contributed by atoms with Gasteiger partial charge in [-0.25, -0.2) is 10.3 Å². The van der Waals surface area contributed by atoms with Crippen molar-refractivity contribution in [2.75, 3.05) is 10.6 Å². The number of carbonyl (C=O) groups excluding carboxylic acids is 3. The molecule has 4 aromatic rings. The molecule has 1 fully saturated rings. The Balaban J connectivity index is 1.42. The largest absolute Gasteiger partial charge is 0.398 e. The van der Waals surface area contributed by atoms with Crippen molar-refractivity contribution in [2.45, 2.75) is 11.3 Å². The number of nitrogens with one attached hydrogen (secondary N) is 1. The van der Waals surface area contributed by atoms with E-state index in [1.165, 1.54) is 4.90 Å². The molecule has 0 spiro atoms. The molecule has 8 rings (SSSR count). The van der Waals surface area contributed by atoms with Crippen LogP contribution >= 0.6 is 11.6 Å². The highest BCUT2D eigenvalue weighted by atomic mass is 35.5. The smallest absolute Gasteiger partial charge is 0.273 e. The lowest BCUT2D eigenvalue weighted by Crippen LogP contribution is -2.54. The molecule has 2 atom stereocenters. The average molecular weight is 547 g/mol. The van der Waals surface area contributed by atoms with Gasteiger partial charge < -0.3 is 5.73 Å². The molecule has 4 aliphatic rings. The molecule has 196 valence electrons. The standard InChI is InChI=1S/C32H23ClN4O3/c33-23-14-6-8-16-25(23)37-30(39)27-26-18-9-1-4-12-21(18)32(28(27)31(37)40,22-13-5-2-10-19(22)26)17-35-36-29(38)20-11-3-7-15-24(20)34/h1-17,26-28H,34H2,(H,36,38)/b35-17+/t26?,27-,28-,32?/m1/s1. The van der Waals surface area contributed by atoms with Crippen LogP contribution in [0.5, 0.6) is 0 Å². The first-order chi connectivity index (χ1) is 19.4. The maximum Gasteiger partial charge on any atom is 0.273 e. The Labute approximate surface area is 235 Å². The lowest BCUT2D eigenvalue weighted by atomic mass is 9.47. The monoisotopic (exact) mass is 546 g/mol. The number of carbonyl (C=O) groups is 3. The SMILES string of the molecule is Nc1ccccc1C(=O)N/N=C/C12c3ccccc3C(c3ccccc31)[C@H]1C(=O)N(c3ccccc3Cl)C(=O)[C@@H]12. The molecule has 3 amide bonds. The molecular weight excluding hydrogens is 524 g/mol. The lowest BCUT2D eigenvalue weighted by Gasteiger charge is -2.52. The fourth-order valence-electron chi connectivity index (χ4n) is 6.88. The van der Waals surface area contributed by atoms with Crippen LogP contribution in [0.1, 0.15) is 38.5 Å². The molecule has 3 N–H and O–H groups in total. The number of nitrogens with two attached hydrogens (primary N) is 1. The van der Waals surface area contributed by atoms with Gasteiger partial charge in [-0.15, -0.1) is 0 Å². The van der Waals surface area contributed by atoms with Crippen molar-refractivity contribution < 1.29 is 14.4 Å². The van der Waals surface area contributed by atoms with Crippen LogP contribution in [0, 0.1) is 11.8 Å². The molecule has 40 heavy (non-hydrogen) atoms. The molecule has 3 aliphatic carbocycles. The van der Waals surface area contributed by atoms with E-state index in [-0.39, 0.29) is 17.7 Å². The fraction of sp³-hybridized carbons (Fsp3) is 0.125. The highest BCUT2D eigenvalue weighted by Crippen LogP contribution is 2.63. The van der Waals surface area contributed by atoms with Crippen molar-refractivity contribution in [3.8, 4) is 0 Å². The highest BCUT2D eigenvalue weighted by Gasteiger charge is 2.68. The second-order valence-electron chi connectivity index (χ2n) is 10.3. The quantitative estimate of drug-likeness (QED) is 0.164. The van der Waals surface area contributed by atoms with Gasteiger partial charge in [0, 0.05) is 17.8 Å². The van der Waals surface area contributed by atoms with Crippen LogP contribution in [-0.4, -0.2) is 23.9 Å². The van der Waals surface area contributed by atoms with Gasteiger partial charge in [0.05, 0.1) is 33.5 Å². The zero-order chi connectivity index (χ0) is 27.6. The topological polar surface area (TPSA) is 105 Å². The van der Waals surface area contributed by atoms with E-state index < -0.39 is 23.2 Å². The Morgan fingerprint density at radius 2 is 1.45 bits per heavy atom. The number of hydrazone groups is 1. The summed E-state index contributed by atoms with van der Waals surface area (Å²) in [4.78, 5) is 42.7. The number of amides is 3. The van der Waals surface area contributed by atoms with Gasteiger partial charge in [-0.05, 0) is 46.5 Å². The predicted molar refractivity (Wildman–Crippen MR) is 153 cm³/mol. The lowest BCUT2D eigenvalue weighted by molar-refractivity contribution is -0.122. The minimum atomic E-state index is -1.11. The summed E-state index contributed by atoms with van der Waals surface area (Å²) in [6, 6.07) is 29.3. The van der Waals surface area contributed by atoms with E-state index >= 15 is 0 Å². The summed E-state index contributed by atoms with van der Waals surface area (Å²) in [5.41, 5.74) is 12.2. The number of anilines is 2. The van der Waals surface area contributed by atoms with Crippen LogP contribution in [0.3, 0.4) is 0 Å². The molecule has 1 aliphatic heterocycles. The molecular formula is C32H23ClN4O3. The molecule has 8 heteroatoms. The number of para-hydroxylation sites is 2. The Kier molecular flexibility index (Phi) is 5.40. The van der Waals surface area contributed by atoms with Crippen molar-refractivity contribution in [3.63, 3.8) is 0 Å². The summed E-state index contributed by atoms with van der Waals surface area (Å²) in [6.45, 7) is 0. The zero-order valence-corrected chi connectivity index (χ0v) is 21.9. The van der Waals surface area contributed by atoms with Crippen molar-refractivity contribution in [1.29, 1.82) is 0 Å². The maximum absolute atomic E-state index is 14.4. The van der Waals surface area contributed by atoms with Crippen molar-refractivity contribution >= 4 is 46.9 Å². The molecule has 1 saturated heterocycles. The van der Waals surface area contributed by atoms with Crippen molar-refractivity contribution in [2.24, 2.45) is 16.9 Å². The number of nitrogens with zero attached hydrogens (tertiary/aromatic N) is 2. The van der Waals surface area contributed by atoms with Gasteiger partial charge in [0.2, 0.25) is 11.8 Å². The molecule has 0 aromatic heterocycles. The predicted octanol–water partition coefficient (Wildman–Crippen LogP) is 4.89. The Bertz CT molecular complexity index is 1720. The van der Waals surface area contributed by atoms with Gasteiger partial charge >= 0.3 is 0 Å². The molecule has 1 heterocycles. The Morgan fingerprint density at radius 1 is 0.850 bits per heavy atom. The molecule has 0 unspecified atom stereocenters. The first kappa shape index (κ1) is 24.3. The van der Waals surface area contributed by atoms with Crippen molar-refractivity contribution in [3.05, 3.63) is 130 Å².